The van der Waals surface area contributed by atoms with Gasteiger partial charge in [0, 0.05) is 11.2 Å². The maximum absolute atomic E-state index is 13.2. The minimum absolute atomic E-state index is 0.201. The number of sulfonamides is 1. The van der Waals surface area contributed by atoms with Crippen molar-refractivity contribution in [2.24, 2.45) is 0 Å². The normalized spacial score (nSPS) is 13.8. The third-order valence-corrected chi connectivity index (χ3v) is 4.44. The fraction of sp³-hybridized carbons (Fsp3) is 0.154. The molecule has 0 aliphatic heterocycles. The van der Waals surface area contributed by atoms with Crippen LogP contribution in [0.25, 0.3) is 0 Å². The van der Waals surface area contributed by atoms with Gasteiger partial charge >= 0.3 is 6.18 Å². The first kappa shape index (κ1) is 17.6. The van der Waals surface area contributed by atoms with Crippen molar-refractivity contribution >= 4 is 21.6 Å². The zero-order valence-electron chi connectivity index (χ0n) is 11.2. The van der Waals surface area contributed by atoms with Crippen molar-refractivity contribution in [1.82, 2.24) is 9.71 Å². The van der Waals surface area contributed by atoms with Gasteiger partial charge in [-0.2, -0.15) is 17.9 Å². The van der Waals surface area contributed by atoms with Gasteiger partial charge in [-0.05, 0) is 23.8 Å². The molecule has 1 aromatic heterocycles. The van der Waals surface area contributed by atoms with Gasteiger partial charge in [0.05, 0.1) is 6.20 Å². The molecule has 0 radical (unpaired) electrons. The van der Waals surface area contributed by atoms with Gasteiger partial charge in [0.15, 0.2) is 0 Å². The first-order valence-corrected chi connectivity index (χ1v) is 7.91. The van der Waals surface area contributed by atoms with Crippen LogP contribution in [-0.2, 0) is 10.0 Å². The number of alkyl halides is 3. The Morgan fingerprint density at radius 2 is 1.74 bits per heavy atom. The lowest BCUT2D eigenvalue weighted by Crippen LogP contribution is -2.38. The molecule has 0 saturated heterocycles. The molecule has 1 atom stereocenters. The number of nitrogens with one attached hydrogen (secondary N) is 1. The molecule has 0 fully saturated rings. The Kier molecular flexibility index (Phi) is 4.92. The molecule has 23 heavy (non-hydrogen) atoms. The van der Waals surface area contributed by atoms with E-state index in [-0.39, 0.29) is 10.6 Å². The topological polar surface area (TPSA) is 59.1 Å². The van der Waals surface area contributed by atoms with Crippen LogP contribution in [0.3, 0.4) is 0 Å². The number of pyridine rings is 1. The van der Waals surface area contributed by atoms with Crippen molar-refractivity contribution < 1.29 is 26.0 Å². The van der Waals surface area contributed by atoms with Gasteiger partial charge in [-0.15, -0.1) is 0 Å². The van der Waals surface area contributed by atoms with Crippen LogP contribution in [0.1, 0.15) is 11.6 Å². The van der Waals surface area contributed by atoms with Crippen molar-refractivity contribution in [3.8, 4) is 0 Å². The van der Waals surface area contributed by atoms with E-state index >= 15 is 0 Å². The van der Waals surface area contributed by atoms with E-state index in [1.54, 1.807) is 0 Å². The van der Waals surface area contributed by atoms with E-state index in [0.717, 1.165) is 24.5 Å². The highest BCUT2D eigenvalue weighted by atomic mass is 35.5. The van der Waals surface area contributed by atoms with E-state index in [9.17, 15) is 26.0 Å². The summed E-state index contributed by atoms with van der Waals surface area (Å²) in [6.45, 7) is 0. The molecule has 4 nitrogen and oxygen atoms in total. The van der Waals surface area contributed by atoms with Crippen molar-refractivity contribution in [2.75, 3.05) is 0 Å². The third-order valence-electron chi connectivity index (χ3n) is 2.79. The van der Waals surface area contributed by atoms with E-state index in [1.165, 1.54) is 16.9 Å². The maximum Gasteiger partial charge on any atom is 0.408 e. The van der Waals surface area contributed by atoms with Crippen molar-refractivity contribution in [3.05, 3.63) is 59.1 Å². The van der Waals surface area contributed by atoms with Crippen molar-refractivity contribution in [2.45, 2.75) is 17.1 Å². The second-order valence-corrected chi connectivity index (χ2v) is 6.64. The molecule has 0 amide bonds. The van der Waals surface area contributed by atoms with Crippen LogP contribution in [-0.4, -0.2) is 19.6 Å². The molecule has 0 saturated carbocycles. The fourth-order valence-corrected chi connectivity index (χ4v) is 3.05. The van der Waals surface area contributed by atoms with E-state index in [0.29, 0.717) is 6.07 Å². The Bertz CT molecular complexity index is 794. The molecule has 0 bridgehead atoms. The second-order valence-electron chi connectivity index (χ2n) is 4.49. The maximum atomic E-state index is 13.2. The Balaban J connectivity index is 2.40. The van der Waals surface area contributed by atoms with Crippen molar-refractivity contribution in [1.29, 1.82) is 0 Å². The highest BCUT2D eigenvalue weighted by Gasteiger charge is 2.43. The van der Waals surface area contributed by atoms with E-state index in [1.807, 2.05) is 0 Å². The average Bonchev–Trinajstić information content (AvgIpc) is 2.45. The lowest BCUT2D eigenvalue weighted by Gasteiger charge is -2.22. The van der Waals surface area contributed by atoms with E-state index < -0.39 is 33.0 Å². The van der Waals surface area contributed by atoms with E-state index in [2.05, 4.69) is 4.98 Å². The zero-order valence-corrected chi connectivity index (χ0v) is 12.8. The molecule has 0 spiro atoms. The fourth-order valence-electron chi connectivity index (χ4n) is 1.74. The summed E-state index contributed by atoms with van der Waals surface area (Å²) in [5, 5.41) is 0.201. The number of nitrogens with zero attached hydrogens (tertiary/aromatic N) is 1. The standard InChI is InChI=1S/C13H9ClF4N2O2S/c14-9-3-1-8(2-4-9)12(13(16,17)18)20-23(21,22)11-5-10(15)6-19-7-11/h1-7,12,20H. The van der Waals surface area contributed by atoms with Crippen LogP contribution in [0.15, 0.2) is 47.6 Å². The predicted octanol–water partition coefficient (Wildman–Crippen LogP) is 3.46. The summed E-state index contributed by atoms with van der Waals surface area (Å²) in [5.41, 5.74) is -0.352. The second kappa shape index (κ2) is 6.42. The summed E-state index contributed by atoms with van der Waals surface area (Å²) in [4.78, 5) is 2.60. The van der Waals surface area contributed by atoms with E-state index in [4.69, 9.17) is 11.6 Å². The van der Waals surface area contributed by atoms with Crippen LogP contribution in [0, 0.1) is 5.82 Å². The minimum Gasteiger partial charge on any atom is -0.260 e. The van der Waals surface area contributed by atoms with Crippen LogP contribution in [0.5, 0.6) is 0 Å². The number of hydrogen-bond acceptors (Lipinski definition) is 3. The lowest BCUT2D eigenvalue weighted by molar-refractivity contribution is -0.153. The number of rotatable bonds is 4. The Labute approximate surface area is 134 Å². The van der Waals surface area contributed by atoms with Gasteiger partial charge in [0.2, 0.25) is 10.0 Å². The van der Waals surface area contributed by atoms with Crippen molar-refractivity contribution in [3.63, 3.8) is 0 Å². The van der Waals surface area contributed by atoms with Gasteiger partial charge in [0.25, 0.3) is 0 Å². The Morgan fingerprint density at radius 3 is 2.26 bits per heavy atom. The number of halogens is 5. The molecular formula is C13H9ClF4N2O2S. The molecule has 0 aliphatic rings. The molecular weight excluding hydrogens is 360 g/mol. The quantitative estimate of drug-likeness (QED) is 0.841. The molecule has 1 heterocycles. The Hall–Kier alpha value is -1.71. The molecule has 1 unspecified atom stereocenters. The van der Waals surface area contributed by atoms with Crippen LogP contribution in [0.2, 0.25) is 5.02 Å². The summed E-state index contributed by atoms with van der Waals surface area (Å²) in [6.07, 6.45) is -3.41. The summed E-state index contributed by atoms with van der Waals surface area (Å²) < 4.78 is 78.2. The summed E-state index contributed by atoms with van der Waals surface area (Å²) in [5.74, 6) is -0.983. The smallest absolute Gasteiger partial charge is 0.260 e. The monoisotopic (exact) mass is 368 g/mol. The molecule has 10 heteroatoms. The first-order chi connectivity index (χ1) is 10.6. The molecule has 2 rings (SSSR count). The zero-order chi connectivity index (χ0) is 17.3. The van der Waals surface area contributed by atoms with Gasteiger partial charge in [0.1, 0.15) is 16.8 Å². The number of aromatic nitrogens is 1. The lowest BCUT2D eigenvalue weighted by atomic mass is 10.1. The minimum atomic E-state index is -4.90. The summed E-state index contributed by atoms with van der Waals surface area (Å²) in [7, 11) is -4.63. The van der Waals surface area contributed by atoms with Crippen LogP contribution >= 0.6 is 11.6 Å². The molecule has 2 aromatic rings. The van der Waals surface area contributed by atoms with Crippen LogP contribution < -0.4 is 4.72 Å². The third kappa shape index (κ3) is 4.40. The van der Waals surface area contributed by atoms with Gasteiger partial charge < -0.3 is 0 Å². The first-order valence-electron chi connectivity index (χ1n) is 6.04. The molecule has 124 valence electrons. The van der Waals surface area contributed by atoms with Gasteiger partial charge in [-0.1, -0.05) is 23.7 Å². The summed E-state index contributed by atoms with van der Waals surface area (Å²) >= 11 is 5.61. The average molecular weight is 369 g/mol. The predicted molar refractivity (Wildman–Crippen MR) is 74.8 cm³/mol. The number of benzene rings is 1. The van der Waals surface area contributed by atoms with Crippen LogP contribution in [0.4, 0.5) is 17.6 Å². The summed E-state index contributed by atoms with van der Waals surface area (Å²) in [6, 6.07) is 2.57. The number of hydrogen-bond donors (Lipinski definition) is 1. The Morgan fingerprint density at radius 1 is 1.13 bits per heavy atom. The molecule has 1 N–H and O–H groups in total. The molecule has 1 aromatic carbocycles. The van der Waals surface area contributed by atoms with Gasteiger partial charge in [-0.25, -0.2) is 12.8 Å². The van der Waals surface area contributed by atoms with Gasteiger partial charge in [-0.3, -0.25) is 4.98 Å². The largest absolute Gasteiger partial charge is 0.408 e. The SMILES string of the molecule is O=S(=O)(NC(c1ccc(Cl)cc1)C(F)(F)F)c1cncc(F)c1. The molecule has 0 aliphatic carbocycles. The highest BCUT2D eigenvalue weighted by molar-refractivity contribution is 7.89. The highest BCUT2D eigenvalue weighted by Crippen LogP contribution is 2.34.